The van der Waals surface area contributed by atoms with Gasteiger partial charge in [-0.2, -0.15) is 0 Å². The number of hydrogen-bond acceptors (Lipinski definition) is 2. The van der Waals surface area contributed by atoms with Crippen LogP contribution in [0.1, 0.15) is 11.3 Å². The SMILES string of the molecule is CN=C(NC)NCc1c(C)oc2ccccc12.I. The fourth-order valence-electron chi connectivity index (χ4n) is 1.89. The summed E-state index contributed by atoms with van der Waals surface area (Å²) in [4.78, 5) is 4.08. The van der Waals surface area contributed by atoms with E-state index < -0.39 is 0 Å². The second-order valence-electron chi connectivity index (χ2n) is 3.81. The van der Waals surface area contributed by atoms with Crippen LogP contribution in [-0.4, -0.2) is 20.1 Å². The van der Waals surface area contributed by atoms with Gasteiger partial charge in [0.05, 0.1) is 0 Å². The molecular weight excluding hydrogens is 341 g/mol. The van der Waals surface area contributed by atoms with E-state index in [1.165, 1.54) is 5.56 Å². The van der Waals surface area contributed by atoms with E-state index in [9.17, 15) is 0 Å². The monoisotopic (exact) mass is 359 g/mol. The maximum Gasteiger partial charge on any atom is 0.190 e. The zero-order valence-corrected chi connectivity index (χ0v) is 13.1. The second-order valence-corrected chi connectivity index (χ2v) is 3.81. The third-order valence-electron chi connectivity index (χ3n) is 2.79. The lowest BCUT2D eigenvalue weighted by molar-refractivity contribution is 0.570. The Morgan fingerprint density at radius 3 is 2.72 bits per heavy atom. The predicted octanol–water partition coefficient (Wildman–Crippen LogP) is 2.65. The Balaban J connectivity index is 0.00000162. The van der Waals surface area contributed by atoms with E-state index in [1.54, 1.807) is 7.05 Å². The van der Waals surface area contributed by atoms with Crippen LogP contribution < -0.4 is 10.6 Å². The first-order valence-corrected chi connectivity index (χ1v) is 5.61. The lowest BCUT2D eigenvalue weighted by Gasteiger charge is -2.07. The Kier molecular flexibility index (Phi) is 5.46. The van der Waals surface area contributed by atoms with Crippen molar-refractivity contribution in [3.05, 3.63) is 35.6 Å². The number of nitrogens with zero attached hydrogens (tertiary/aromatic N) is 1. The number of halogens is 1. The molecule has 0 aliphatic carbocycles. The van der Waals surface area contributed by atoms with Gasteiger partial charge in [-0.1, -0.05) is 18.2 Å². The third kappa shape index (κ3) is 2.95. The van der Waals surface area contributed by atoms with Crippen molar-refractivity contribution in [2.75, 3.05) is 14.1 Å². The number of rotatable bonds is 2. The summed E-state index contributed by atoms with van der Waals surface area (Å²) in [6, 6.07) is 8.06. The Labute approximate surface area is 124 Å². The summed E-state index contributed by atoms with van der Waals surface area (Å²) in [6.45, 7) is 2.69. The van der Waals surface area contributed by atoms with Crippen LogP contribution in [0.15, 0.2) is 33.7 Å². The van der Waals surface area contributed by atoms with Gasteiger partial charge in [0.2, 0.25) is 0 Å². The standard InChI is InChI=1S/C13H17N3O.HI/c1-9-11(8-16-13(14-2)15-3)10-6-4-5-7-12(10)17-9;/h4-7H,8H2,1-3H3,(H2,14,15,16);1H. The summed E-state index contributed by atoms with van der Waals surface area (Å²) < 4.78 is 5.70. The number of para-hydroxylation sites is 1. The Morgan fingerprint density at radius 2 is 2.06 bits per heavy atom. The minimum Gasteiger partial charge on any atom is -0.461 e. The van der Waals surface area contributed by atoms with Gasteiger partial charge in [0.15, 0.2) is 5.96 Å². The highest BCUT2D eigenvalue weighted by Gasteiger charge is 2.10. The van der Waals surface area contributed by atoms with Crippen molar-refractivity contribution >= 4 is 40.9 Å². The summed E-state index contributed by atoms with van der Waals surface area (Å²) in [5, 5.41) is 7.38. The van der Waals surface area contributed by atoms with E-state index in [1.807, 2.05) is 32.2 Å². The van der Waals surface area contributed by atoms with Crippen molar-refractivity contribution < 1.29 is 4.42 Å². The minimum absolute atomic E-state index is 0. The molecule has 1 heterocycles. The van der Waals surface area contributed by atoms with Crippen molar-refractivity contribution in [3.8, 4) is 0 Å². The van der Waals surface area contributed by atoms with Gasteiger partial charge in [-0.25, -0.2) is 0 Å². The number of fused-ring (bicyclic) bond motifs is 1. The molecule has 0 atom stereocenters. The number of nitrogens with one attached hydrogen (secondary N) is 2. The highest BCUT2D eigenvalue weighted by atomic mass is 127. The maximum atomic E-state index is 5.70. The molecule has 2 N–H and O–H groups in total. The van der Waals surface area contributed by atoms with Crippen LogP contribution in [0.3, 0.4) is 0 Å². The molecule has 0 unspecified atom stereocenters. The molecule has 5 heteroatoms. The van der Waals surface area contributed by atoms with Gasteiger partial charge in [0.25, 0.3) is 0 Å². The predicted molar refractivity (Wildman–Crippen MR) is 85.6 cm³/mol. The zero-order valence-electron chi connectivity index (χ0n) is 10.8. The van der Waals surface area contributed by atoms with E-state index >= 15 is 0 Å². The van der Waals surface area contributed by atoms with Crippen LogP contribution in [0.5, 0.6) is 0 Å². The Hall–Kier alpha value is -1.24. The molecule has 0 aliphatic rings. The average Bonchev–Trinajstić information content (AvgIpc) is 2.67. The molecule has 0 bridgehead atoms. The van der Waals surface area contributed by atoms with Crippen molar-refractivity contribution in [3.63, 3.8) is 0 Å². The minimum atomic E-state index is 0. The third-order valence-corrected chi connectivity index (χ3v) is 2.79. The normalized spacial score (nSPS) is 11.2. The molecule has 0 aliphatic heterocycles. The molecule has 98 valence electrons. The quantitative estimate of drug-likeness (QED) is 0.493. The molecule has 18 heavy (non-hydrogen) atoms. The van der Waals surface area contributed by atoms with Crippen LogP contribution >= 0.6 is 24.0 Å². The van der Waals surface area contributed by atoms with Gasteiger partial charge in [-0.15, -0.1) is 24.0 Å². The first kappa shape index (κ1) is 14.8. The number of benzene rings is 1. The summed E-state index contributed by atoms with van der Waals surface area (Å²) in [5.74, 6) is 1.72. The average molecular weight is 359 g/mol. The first-order valence-electron chi connectivity index (χ1n) is 5.61. The van der Waals surface area contributed by atoms with Crippen LogP contribution in [0.2, 0.25) is 0 Å². The smallest absolute Gasteiger partial charge is 0.190 e. The highest BCUT2D eigenvalue weighted by molar-refractivity contribution is 14.0. The number of hydrogen-bond donors (Lipinski definition) is 2. The molecule has 0 amide bonds. The lowest BCUT2D eigenvalue weighted by atomic mass is 10.1. The van der Waals surface area contributed by atoms with E-state index in [0.29, 0.717) is 6.54 Å². The van der Waals surface area contributed by atoms with E-state index in [-0.39, 0.29) is 24.0 Å². The number of aliphatic imine (C=N–C) groups is 1. The topological polar surface area (TPSA) is 49.6 Å². The van der Waals surface area contributed by atoms with E-state index in [4.69, 9.17) is 4.42 Å². The first-order chi connectivity index (χ1) is 8.26. The van der Waals surface area contributed by atoms with Gasteiger partial charge in [0, 0.05) is 31.6 Å². The summed E-state index contributed by atoms with van der Waals surface area (Å²) in [6.07, 6.45) is 0. The number of furan rings is 1. The molecule has 0 radical (unpaired) electrons. The van der Waals surface area contributed by atoms with Crippen molar-refractivity contribution in [2.45, 2.75) is 13.5 Å². The van der Waals surface area contributed by atoms with Gasteiger partial charge >= 0.3 is 0 Å². The number of aryl methyl sites for hydroxylation is 1. The summed E-state index contributed by atoms with van der Waals surface area (Å²) in [7, 11) is 3.59. The maximum absolute atomic E-state index is 5.70. The largest absolute Gasteiger partial charge is 0.461 e. The second kappa shape index (κ2) is 6.63. The molecule has 0 spiro atoms. The molecule has 2 aromatic rings. The fourth-order valence-corrected chi connectivity index (χ4v) is 1.89. The van der Waals surface area contributed by atoms with Crippen LogP contribution in [0.25, 0.3) is 11.0 Å². The molecule has 0 saturated carbocycles. The molecular formula is C13H18IN3O. The molecule has 1 aromatic carbocycles. The van der Waals surface area contributed by atoms with Crippen LogP contribution in [0.4, 0.5) is 0 Å². The van der Waals surface area contributed by atoms with Crippen LogP contribution in [-0.2, 0) is 6.54 Å². The number of guanidine groups is 1. The van der Waals surface area contributed by atoms with Gasteiger partial charge < -0.3 is 15.1 Å². The fraction of sp³-hybridized carbons (Fsp3) is 0.308. The summed E-state index contributed by atoms with van der Waals surface area (Å²) in [5.41, 5.74) is 2.11. The van der Waals surface area contributed by atoms with Crippen molar-refractivity contribution in [2.24, 2.45) is 4.99 Å². The molecule has 0 saturated heterocycles. The van der Waals surface area contributed by atoms with Gasteiger partial charge in [0.1, 0.15) is 11.3 Å². The lowest BCUT2D eigenvalue weighted by Crippen LogP contribution is -2.34. The molecule has 0 fully saturated rings. The molecule has 2 rings (SSSR count). The molecule has 1 aromatic heterocycles. The molecule has 4 nitrogen and oxygen atoms in total. The Morgan fingerprint density at radius 1 is 1.33 bits per heavy atom. The van der Waals surface area contributed by atoms with Crippen molar-refractivity contribution in [1.82, 2.24) is 10.6 Å². The van der Waals surface area contributed by atoms with Crippen molar-refractivity contribution in [1.29, 1.82) is 0 Å². The van der Waals surface area contributed by atoms with E-state index in [0.717, 1.165) is 22.7 Å². The Bertz CT molecular complexity index is 548. The highest BCUT2D eigenvalue weighted by Crippen LogP contribution is 2.24. The zero-order chi connectivity index (χ0) is 12.3. The van der Waals surface area contributed by atoms with E-state index in [2.05, 4.69) is 21.7 Å². The van der Waals surface area contributed by atoms with Crippen LogP contribution in [0, 0.1) is 6.92 Å². The van der Waals surface area contributed by atoms with Gasteiger partial charge in [-0.3, -0.25) is 4.99 Å². The van der Waals surface area contributed by atoms with Gasteiger partial charge in [-0.05, 0) is 13.0 Å². The summed E-state index contributed by atoms with van der Waals surface area (Å²) >= 11 is 0.